The van der Waals surface area contributed by atoms with Gasteiger partial charge in [0, 0.05) is 29.9 Å². The summed E-state index contributed by atoms with van der Waals surface area (Å²) in [6, 6.07) is 11.8. The van der Waals surface area contributed by atoms with E-state index in [2.05, 4.69) is 0 Å². The highest BCUT2D eigenvalue weighted by atomic mass is 35.5. The topological polar surface area (TPSA) is 89.7 Å². The van der Waals surface area contributed by atoms with Crippen LogP contribution < -0.4 is 10.5 Å². The lowest BCUT2D eigenvalue weighted by Gasteiger charge is -2.40. The van der Waals surface area contributed by atoms with Crippen LogP contribution >= 0.6 is 11.6 Å². The first-order valence-corrected chi connectivity index (χ1v) is 10.9. The molecule has 0 aromatic heterocycles. The SMILES string of the molecule is NC(=O)CC1(COc2cccc(Cl)c2)CCN(S(=O)(=O)c2cccc(F)c2)CC1. The molecule has 0 atom stereocenters. The number of ether oxygens (including phenoxy) is 1. The largest absolute Gasteiger partial charge is 0.493 e. The summed E-state index contributed by atoms with van der Waals surface area (Å²) < 4.78 is 46.2. The first-order chi connectivity index (χ1) is 13.7. The Bertz CT molecular complexity index is 991. The molecule has 0 aliphatic carbocycles. The van der Waals surface area contributed by atoms with Crippen molar-refractivity contribution in [3.05, 3.63) is 59.4 Å². The van der Waals surface area contributed by atoms with Gasteiger partial charge >= 0.3 is 0 Å². The van der Waals surface area contributed by atoms with E-state index in [1.54, 1.807) is 24.3 Å². The second-order valence-corrected chi connectivity index (χ2v) is 9.62. The van der Waals surface area contributed by atoms with E-state index >= 15 is 0 Å². The van der Waals surface area contributed by atoms with Crippen LogP contribution in [0.4, 0.5) is 4.39 Å². The number of rotatable bonds is 7. The van der Waals surface area contributed by atoms with Crippen molar-refractivity contribution in [2.45, 2.75) is 24.2 Å². The number of halogens is 2. The Kier molecular flexibility index (Phi) is 6.45. The van der Waals surface area contributed by atoms with Gasteiger partial charge in [-0.2, -0.15) is 4.31 Å². The molecule has 29 heavy (non-hydrogen) atoms. The fourth-order valence-corrected chi connectivity index (χ4v) is 5.17. The van der Waals surface area contributed by atoms with E-state index in [0.29, 0.717) is 23.6 Å². The van der Waals surface area contributed by atoms with Crippen LogP contribution in [0.1, 0.15) is 19.3 Å². The summed E-state index contributed by atoms with van der Waals surface area (Å²) in [5.74, 6) is -0.515. The van der Waals surface area contributed by atoms with Gasteiger partial charge in [-0.25, -0.2) is 12.8 Å². The molecule has 1 heterocycles. The van der Waals surface area contributed by atoms with Gasteiger partial charge in [0.15, 0.2) is 0 Å². The Morgan fingerprint density at radius 3 is 2.48 bits per heavy atom. The highest BCUT2D eigenvalue weighted by Gasteiger charge is 2.40. The van der Waals surface area contributed by atoms with Gasteiger partial charge in [-0.05, 0) is 49.2 Å². The molecule has 1 aliphatic heterocycles. The molecular weight excluding hydrogens is 419 g/mol. The zero-order valence-electron chi connectivity index (χ0n) is 15.7. The van der Waals surface area contributed by atoms with Crippen molar-refractivity contribution in [3.63, 3.8) is 0 Å². The van der Waals surface area contributed by atoms with Gasteiger partial charge in [-0.15, -0.1) is 0 Å². The Morgan fingerprint density at radius 1 is 1.17 bits per heavy atom. The molecule has 0 spiro atoms. The zero-order valence-corrected chi connectivity index (χ0v) is 17.3. The third-order valence-electron chi connectivity index (χ3n) is 5.11. The predicted octanol–water partition coefficient (Wildman–Crippen LogP) is 3.20. The van der Waals surface area contributed by atoms with Crippen LogP contribution in [-0.2, 0) is 14.8 Å². The maximum absolute atomic E-state index is 13.5. The Labute approximate surface area is 174 Å². The van der Waals surface area contributed by atoms with Crippen LogP contribution in [0, 0.1) is 11.2 Å². The number of nitrogens with zero attached hydrogens (tertiary/aromatic N) is 1. The Morgan fingerprint density at radius 2 is 1.86 bits per heavy atom. The Balaban J connectivity index is 1.73. The highest BCUT2D eigenvalue weighted by molar-refractivity contribution is 7.89. The lowest BCUT2D eigenvalue weighted by Crippen LogP contribution is -2.47. The summed E-state index contributed by atoms with van der Waals surface area (Å²) in [6.45, 7) is 0.584. The number of hydrogen-bond acceptors (Lipinski definition) is 4. The lowest BCUT2D eigenvalue weighted by atomic mass is 9.76. The van der Waals surface area contributed by atoms with Crippen LogP contribution in [0.25, 0.3) is 0 Å². The maximum Gasteiger partial charge on any atom is 0.243 e. The van der Waals surface area contributed by atoms with Gasteiger partial charge in [0.2, 0.25) is 15.9 Å². The average molecular weight is 441 g/mol. The van der Waals surface area contributed by atoms with Crippen molar-refractivity contribution in [3.8, 4) is 5.75 Å². The van der Waals surface area contributed by atoms with E-state index in [1.807, 2.05) is 0 Å². The molecule has 1 aliphatic rings. The molecule has 1 fully saturated rings. The molecule has 1 saturated heterocycles. The van der Waals surface area contributed by atoms with Crippen molar-refractivity contribution in [1.82, 2.24) is 4.31 Å². The Hall–Kier alpha value is -2.16. The van der Waals surface area contributed by atoms with Crippen LogP contribution in [0.15, 0.2) is 53.4 Å². The first-order valence-electron chi connectivity index (χ1n) is 9.13. The van der Waals surface area contributed by atoms with Crippen molar-refractivity contribution < 1.29 is 22.3 Å². The lowest BCUT2D eigenvalue weighted by molar-refractivity contribution is -0.121. The normalized spacial score (nSPS) is 17.0. The smallest absolute Gasteiger partial charge is 0.243 e. The minimum atomic E-state index is -3.82. The molecule has 9 heteroatoms. The van der Waals surface area contributed by atoms with Crippen molar-refractivity contribution in [2.75, 3.05) is 19.7 Å². The number of sulfonamides is 1. The minimum Gasteiger partial charge on any atom is -0.493 e. The third kappa shape index (κ3) is 5.26. The molecule has 1 amide bonds. The number of carbonyl (C=O) groups excluding carboxylic acids is 1. The molecule has 6 nitrogen and oxygen atoms in total. The fraction of sp³-hybridized carbons (Fsp3) is 0.350. The van der Waals surface area contributed by atoms with Gasteiger partial charge in [-0.3, -0.25) is 4.79 Å². The maximum atomic E-state index is 13.5. The summed E-state index contributed by atoms with van der Waals surface area (Å²) in [5, 5.41) is 0.530. The van der Waals surface area contributed by atoms with E-state index < -0.39 is 27.2 Å². The summed E-state index contributed by atoms with van der Waals surface area (Å²) >= 11 is 5.97. The van der Waals surface area contributed by atoms with Crippen LogP contribution in [-0.4, -0.2) is 38.3 Å². The number of benzene rings is 2. The minimum absolute atomic E-state index is 0.0847. The van der Waals surface area contributed by atoms with E-state index in [1.165, 1.54) is 22.5 Å². The van der Waals surface area contributed by atoms with Crippen molar-refractivity contribution >= 4 is 27.5 Å². The molecule has 0 bridgehead atoms. The number of piperidine rings is 1. The average Bonchev–Trinajstić information content (AvgIpc) is 2.66. The molecule has 0 saturated carbocycles. The van der Waals surface area contributed by atoms with E-state index in [9.17, 15) is 17.6 Å². The standard InChI is InChI=1S/C20H22ClFN2O4S/c21-15-3-1-5-17(11-15)28-14-20(13-19(23)25)7-9-24(10-8-20)29(26,27)18-6-2-4-16(22)12-18/h1-6,11-12H,7-10,13-14H2,(H2,23,25). The quantitative estimate of drug-likeness (QED) is 0.715. The molecule has 2 aromatic carbocycles. The molecule has 3 rings (SSSR count). The summed E-state index contributed by atoms with van der Waals surface area (Å²) in [7, 11) is -3.82. The van der Waals surface area contributed by atoms with Gasteiger partial charge < -0.3 is 10.5 Å². The third-order valence-corrected chi connectivity index (χ3v) is 7.24. The van der Waals surface area contributed by atoms with Crippen molar-refractivity contribution in [1.29, 1.82) is 0 Å². The monoisotopic (exact) mass is 440 g/mol. The van der Waals surface area contributed by atoms with Crippen LogP contribution in [0.3, 0.4) is 0 Å². The van der Waals surface area contributed by atoms with Gasteiger partial charge in [0.1, 0.15) is 11.6 Å². The number of primary amides is 1. The van der Waals surface area contributed by atoms with Gasteiger partial charge in [0.05, 0.1) is 11.5 Å². The molecule has 0 unspecified atom stereocenters. The van der Waals surface area contributed by atoms with E-state index in [-0.39, 0.29) is 31.0 Å². The first kappa shape index (κ1) is 21.5. The fourth-order valence-electron chi connectivity index (χ4n) is 3.51. The molecule has 0 radical (unpaired) electrons. The molecule has 2 aromatic rings. The van der Waals surface area contributed by atoms with Crippen LogP contribution in [0.2, 0.25) is 5.02 Å². The summed E-state index contributed by atoms with van der Waals surface area (Å²) in [4.78, 5) is 11.6. The molecule has 2 N–H and O–H groups in total. The van der Waals surface area contributed by atoms with Gasteiger partial charge in [-0.1, -0.05) is 23.7 Å². The zero-order chi connectivity index (χ0) is 21.1. The predicted molar refractivity (Wildman–Crippen MR) is 108 cm³/mol. The second-order valence-electron chi connectivity index (χ2n) is 7.25. The summed E-state index contributed by atoms with van der Waals surface area (Å²) in [6.07, 6.45) is 0.873. The van der Waals surface area contributed by atoms with E-state index in [4.69, 9.17) is 22.1 Å². The van der Waals surface area contributed by atoms with Crippen LogP contribution in [0.5, 0.6) is 5.75 Å². The number of carbonyl (C=O) groups is 1. The number of hydrogen-bond donors (Lipinski definition) is 1. The number of amides is 1. The highest BCUT2D eigenvalue weighted by Crippen LogP contribution is 2.37. The molecular formula is C20H22ClFN2O4S. The van der Waals surface area contributed by atoms with E-state index in [0.717, 1.165) is 6.07 Å². The number of nitrogens with two attached hydrogens (primary N) is 1. The van der Waals surface area contributed by atoms with Gasteiger partial charge in [0.25, 0.3) is 0 Å². The second kappa shape index (κ2) is 8.69. The van der Waals surface area contributed by atoms with Crippen molar-refractivity contribution in [2.24, 2.45) is 11.1 Å². The summed E-state index contributed by atoms with van der Waals surface area (Å²) in [5.41, 5.74) is 4.86. The molecule has 156 valence electrons.